The molecule has 0 aliphatic heterocycles. The van der Waals surface area contributed by atoms with Crippen molar-refractivity contribution in [1.29, 1.82) is 0 Å². The van der Waals surface area contributed by atoms with Gasteiger partial charge in [0.1, 0.15) is 0 Å². The van der Waals surface area contributed by atoms with Gasteiger partial charge in [-0.05, 0) is 41.5 Å². The van der Waals surface area contributed by atoms with E-state index in [9.17, 15) is 4.79 Å². The van der Waals surface area contributed by atoms with Gasteiger partial charge in [0.2, 0.25) is 0 Å². The van der Waals surface area contributed by atoms with Crippen molar-refractivity contribution in [3.8, 4) is 11.1 Å². The van der Waals surface area contributed by atoms with E-state index in [0.717, 1.165) is 11.4 Å². The lowest BCUT2D eigenvalue weighted by Gasteiger charge is -2.10. The minimum Gasteiger partial charge on any atom is -0.481 e. The highest BCUT2D eigenvalue weighted by atomic mass is 35.5. The molecule has 0 fully saturated rings. The molecule has 2 rings (SSSR count). The topological polar surface area (TPSA) is 37.3 Å². The zero-order valence-electron chi connectivity index (χ0n) is 14.0. The van der Waals surface area contributed by atoms with Gasteiger partial charge in [-0.25, -0.2) is 0 Å². The number of carbonyl (C=O) groups is 1. The Morgan fingerprint density at radius 3 is 1.96 bits per heavy atom. The summed E-state index contributed by atoms with van der Waals surface area (Å²) in [5.74, 6) is 0.236. The molecule has 0 radical (unpaired) electrons. The summed E-state index contributed by atoms with van der Waals surface area (Å²) in [4.78, 5) is 10.2. The Bertz CT molecular complexity index is 576. The summed E-state index contributed by atoms with van der Waals surface area (Å²) in [7, 11) is 0. The van der Waals surface area contributed by atoms with Gasteiger partial charge in [-0.1, -0.05) is 74.8 Å². The van der Waals surface area contributed by atoms with Crippen LogP contribution in [-0.2, 0) is 4.79 Å². The van der Waals surface area contributed by atoms with Crippen LogP contribution in [0.25, 0.3) is 11.1 Å². The number of hydrogen-bond donors (Lipinski definition) is 1. The number of aliphatic carboxylic acids is 1. The van der Waals surface area contributed by atoms with Crippen LogP contribution in [0.2, 0.25) is 5.02 Å². The first-order valence-electron chi connectivity index (χ1n) is 7.91. The Morgan fingerprint density at radius 2 is 1.48 bits per heavy atom. The second-order valence-corrected chi connectivity index (χ2v) is 6.64. The van der Waals surface area contributed by atoms with E-state index in [4.69, 9.17) is 16.7 Å². The first-order chi connectivity index (χ1) is 10.9. The SMILES string of the molecule is CC(C)CC(C)CC(=O)O.Clc1ccc(-c2ccccc2)cc1. The van der Waals surface area contributed by atoms with Gasteiger partial charge in [0, 0.05) is 11.4 Å². The molecule has 0 aliphatic carbocycles. The van der Waals surface area contributed by atoms with E-state index in [1.54, 1.807) is 0 Å². The molecule has 0 aliphatic rings. The molecule has 23 heavy (non-hydrogen) atoms. The number of hydrogen-bond acceptors (Lipinski definition) is 1. The van der Waals surface area contributed by atoms with Crippen molar-refractivity contribution in [2.24, 2.45) is 11.8 Å². The van der Waals surface area contributed by atoms with E-state index in [-0.39, 0.29) is 0 Å². The van der Waals surface area contributed by atoms with Gasteiger partial charge in [0.05, 0.1) is 0 Å². The maximum atomic E-state index is 10.2. The molecule has 3 heteroatoms. The van der Waals surface area contributed by atoms with Crippen molar-refractivity contribution in [2.45, 2.75) is 33.6 Å². The first kappa shape index (κ1) is 19.2. The average molecular weight is 333 g/mol. The van der Waals surface area contributed by atoms with Crippen molar-refractivity contribution in [3.63, 3.8) is 0 Å². The zero-order chi connectivity index (χ0) is 17.2. The maximum Gasteiger partial charge on any atom is 0.303 e. The fourth-order valence-corrected chi connectivity index (χ4v) is 2.59. The van der Waals surface area contributed by atoms with E-state index >= 15 is 0 Å². The van der Waals surface area contributed by atoms with E-state index in [1.165, 1.54) is 11.1 Å². The van der Waals surface area contributed by atoms with E-state index in [1.807, 2.05) is 49.4 Å². The molecular weight excluding hydrogens is 308 g/mol. The van der Waals surface area contributed by atoms with Crippen LogP contribution in [0.1, 0.15) is 33.6 Å². The fraction of sp³-hybridized carbons (Fsp3) is 0.350. The number of benzene rings is 2. The average Bonchev–Trinajstić information content (AvgIpc) is 2.48. The Morgan fingerprint density at radius 1 is 0.957 bits per heavy atom. The Kier molecular flexibility index (Phi) is 8.42. The number of carboxylic acid groups (broad SMARTS) is 1. The number of rotatable bonds is 5. The monoisotopic (exact) mass is 332 g/mol. The summed E-state index contributed by atoms with van der Waals surface area (Å²) < 4.78 is 0. The summed E-state index contributed by atoms with van der Waals surface area (Å²) in [6, 6.07) is 18.1. The molecule has 2 aromatic rings. The first-order valence-corrected chi connectivity index (χ1v) is 8.29. The molecule has 2 nitrogen and oxygen atoms in total. The zero-order valence-corrected chi connectivity index (χ0v) is 14.8. The Labute approximate surface area is 144 Å². The smallest absolute Gasteiger partial charge is 0.303 e. The lowest BCUT2D eigenvalue weighted by molar-refractivity contribution is -0.138. The molecule has 1 unspecified atom stereocenters. The molecular formula is C20H25ClO2. The predicted molar refractivity (Wildman–Crippen MR) is 97.8 cm³/mol. The minimum atomic E-state index is -0.687. The number of carboxylic acids is 1. The van der Waals surface area contributed by atoms with Crippen molar-refractivity contribution in [2.75, 3.05) is 0 Å². The standard InChI is InChI=1S/C12H9Cl.C8H16O2/c13-12-8-6-11(7-9-12)10-4-2-1-3-5-10;1-6(2)4-7(3)5-8(9)10/h1-9H;6-7H,4-5H2,1-3H3,(H,9,10). The van der Waals surface area contributed by atoms with Crippen LogP contribution in [-0.4, -0.2) is 11.1 Å². The largest absolute Gasteiger partial charge is 0.481 e. The van der Waals surface area contributed by atoms with Gasteiger partial charge in [-0.15, -0.1) is 0 Å². The maximum absolute atomic E-state index is 10.2. The van der Waals surface area contributed by atoms with Crippen molar-refractivity contribution >= 4 is 17.6 Å². The van der Waals surface area contributed by atoms with Gasteiger partial charge < -0.3 is 5.11 Å². The molecule has 1 N–H and O–H groups in total. The Hall–Kier alpha value is -1.80. The Balaban J connectivity index is 0.000000241. The van der Waals surface area contributed by atoms with E-state index in [0.29, 0.717) is 18.3 Å². The van der Waals surface area contributed by atoms with Gasteiger partial charge in [-0.3, -0.25) is 4.79 Å². The normalized spacial score (nSPS) is 11.5. The molecule has 0 aromatic heterocycles. The molecule has 0 bridgehead atoms. The van der Waals surface area contributed by atoms with Crippen LogP contribution < -0.4 is 0 Å². The van der Waals surface area contributed by atoms with E-state index < -0.39 is 5.97 Å². The summed E-state index contributed by atoms with van der Waals surface area (Å²) in [6.07, 6.45) is 1.31. The molecule has 0 heterocycles. The third kappa shape index (κ3) is 8.41. The van der Waals surface area contributed by atoms with Gasteiger partial charge in [0.25, 0.3) is 0 Å². The molecule has 124 valence electrons. The van der Waals surface area contributed by atoms with E-state index in [2.05, 4.69) is 26.0 Å². The van der Waals surface area contributed by atoms with Crippen LogP contribution in [0, 0.1) is 11.8 Å². The van der Waals surface area contributed by atoms with Crippen LogP contribution in [0.4, 0.5) is 0 Å². The summed E-state index contributed by atoms with van der Waals surface area (Å²) >= 11 is 5.80. The lowest BCUT2D eigenvalue weighted by Crippen LogP contribution is -2.06. The highest BCUT2D eigenvalue weighted by Crippen LogP contribution is 2.20. The summed E-state index contributed by atoms with van der Waals surface area (Å²) in [5, 5.41) is 9.17. The summed E-state index contributed by atoms with van der Waals surface area (Å²) in [5.41, 5.74) is 2.42. The highest BCUT2D eigenvalue weighted by molar-refractivity contribution is 6.30. The lowest BCUT2D eigenvalue weighted by atomic mass is 9.96. The van der Waals surface area contributed by atoms with Crippen molar-refractivity contribution in [1.82, 2.24) is 0 Å². The van der Waals surface area contributed by atoms with Crippen molar-refractivity contribution in [3.05, 3.63) is 59.6 Å². The van der Waals surface area contributed by atoms with Gasteiger partial charge in [-0.2, -0.15) is 0 Å². The second kappa shape index (κ2) is 10.1. The number of halogens is 1. The fourth-order valence-electron chi connectivity index (χ4n) is 2.46. The molecule has 0 saturated heterocycles. The quantitative estimate of drug-likeness (QED) is 0.712. The van der Waals surface area contributed by atoms with Crippen LogP contribution in [0.15, 0.2) is 54.6 Å². The van der Waals surface area contributed by atoms with Crippen LogP contribution in [0.3, 0.4) is 0 Å². The predicted octanol–water partition coefficient (Wildman–Crippen LogP) is 6.15. The highest BCUT2D eigenvalue weighted by Gasteiger charge is 2.08. The van der Waals surface area contributed by atoms with Crippen molar-refractivity contribution < 1.29 is 9.90 Å². The molecule has 0 spiro atoms. The third-order valence-electron chi connectivity index (χ3n) is 3.35. The minimum absolute atomic E-state index is 0.304. The third-order valence-corrected chi connectivity index (χ3v) is 3.60. The molecule has 1 atom stereocenters. The second-order valence-electron chi connectivity index (χ2n) is 6.21. The molecule has 0 saturated carbocycles. The van der Waals surface area contributed by atoms with Gasteiger partial charge >= 0.3 is 5.97 Å². The van der Waals surface area contributed by atoms with Crippen LogP contribution >= 0.6 is 11.6 Å². The molecule has 0 amide bonds. The molecule has 2 aromatic carbocycles. The van der Waals surface area contributed by atoms with Gasteiger partial charge in [0.15, 0.2) is 0 Å². The van der Waals surface area contributed by atoms with Crippen LogP contribution in [0.5, 0.6) is 0 Å². The summed E-state index contributed by atoms with van der Waals surface area (Å²) in [6.45, 7) is 6.20.